The lowest BCUT2D eigenvalue weighted by Crippen LogP contribution is -2.43. The van der Waals surface area contributed by atoms with Crippen molar-refractivity contribution in [2.45, 2.75) is 225 Å². The van der Waals surface area contributed by atoms with E-state index in [1.54, 1.807) is 0 Å². The molecule has 2 aromatic carbocycles. The van der Waals surface area contributed by atoms with Crippen LogP contribution in [-0.2, 0) is 18.4 Å². The molecule has 2 heteroatoms. The minimum absolute atomic E-state index is 0.00184. The first-order chi connectivity index (χ1) is 25.7. The number of imidazole rings is 1. The Bertz CT molecular complexity index is 1200. The van der Waals surface area contributed by atoms with Crippen LogP contribution in [0.5, 0.6) is 0 Å². The van der Waals surface area contributed by atoms with E-state index in [1.807, 2.05) is 0 Å². The van der Waals surface area contributed by atoms with E-state index >= 15 is 0 Å². The van der Waals surface area contributed by atoms with Crippen molar-refractivity contribution in [1.82, 2.24) is 4.98 Å². The molecule has 0 radical (unpaired) electrons. The number of hydrogen-bond acceptors (Lipinski definition) is 0. The molecule has 1 N–H and O–H groups in total. The monoisotopic (exact) mass is 712 g/mol. The lowest BCUT2D eigenvalue weighted by molar-refractivity contribution is -0.705. The Hall–Kier alpha value is -2.35. The summed E-state index contributed by atoms with van der Waals surface area (Å²) in [7, 11) is 0. The molecule has 0 amide bonds. The van der Waals surface area contributed by atoms with Crippen molar-refractivity contribution < 1.29 is 4.57 Å². The zero-order valence-corrected chi connectivity index (χ0v) is 34.7. The maximum atomic E-state index is 3.83. The second kappa shape index (κ2) is 29.1. The number of H-pyrrole nitrogens is 1. The SMILES string of the molecule is CCCCCCCCCCCCCCCC[n+]1cc[nH]c1C(CCCCCCCCCCCCCCC)C(C)(Cc1ccccc1)c1ccccc1. The fourth-order valence-electron chi connectivity index (χ4n) is 8.74. The third-order valence-electron chi connectivity index (χ3n) is 12.1. The van der Waals surface area contributed by atoms with E-state index in [1.165, 1.54) is 197 Å². The van der Waals surface area contributed by atoms with Gasteiger partial charge in [0.25, 0.3) is 5.82 Å². The van der Waals surface area contributed by atoms with Crippen LogP contribution in [0.15, 0.2) is 73.1 Å². The smallest absolute Gasteiger partial charge is 0.247 e. The number of benzene rings is 2. The van der Waals surface area contributed by atoms with Gasteiger partial charge >= 0.3 is 0 Å². The lowest BCUT2D eigenvalue weighted by atomic mass is 9.66. The predicted molar refractivity (Wildman–Crippen MR) is 228 cm³/mol. The minimum atomic E-state index is 0.00184. The van der Waals surface area contributed by atoms with Gasteiger partial charge in [0.2, 0.25) is 0 Å². The zero-order valence-electron chi connectivity index (χ0n) is 34.7. The van der Waals surface area contributed by atoms with Gasteiger partial charge in [0.1, 0.15) is 12.4 Å². The molecule has 2 nitrogen and oxygen atoms in total. The lowest BCUT2D eigenvalue weighted by Gasteiger charge is -2.37. The van der Waals surface area contributed by atoms with Crippen LogP contribution in [0.1, 0.15) is 223 Å². The molecule has 3 rings (SSSR count). The van der Waals surface area contributed by atoms with Crippen molar-refractivity contribution in [2.24, 2.45) is 0 Å². The van der Waals surface area contributed by atoms with Gasteiger partial charge in [0.05, 0.1) is 12.5 Å². The highest BCUT2D eigenvalue weighted by molar-refractivity contribution is 5.32. The topological polar surface area (TPSA) is 19.7 Å². The Kier molecular flexibility index (Phi) is 24.6. The van der Waals surface area contributed by atoms with Gasteiger partial charge in [-0.05, 0) is 36.8 Å². The Morgan fingerprint density at radius 3 is 1.37 bits per heavy atom. The molecular weight excluding hydrogens is 629 g/mol. The fourth-order valence-corrected chi connectivity index (χ4v) is 8.74. The highest BCUT2D eigenvalue weighted by Gasteiger charge is 2.42. The summed E-state index contributed by atoms with van der Waals surface area (Å²) in [4.78, 5) is 3.83. The summed E-state index contributed by atoms with van der Waals surface area (Å²) in [6, 6.07) is 22.7. The van der Waals surface area contributed by atoms with Crippen LogP contribution in [0.25, 0.3) is 0 Å². The summed E-state index contributed by atoms with van der Waals surface area (Å²) in [5.41, 5.74) is 2.91. The summed E-state index contributed by atoms with van der Waals surface area (Å²) < 4.78 is 2.60. The number of unbranched alkanes of at least 4 members (excludes halogenated alkanes) is 25. The second-order valence-corrected chi connectivity index (χ2v) is 16.7. The summed E-state index contributed by atoms with van der Waals surface area (Å²) in [6.45, 7) is 8.30. The van der Waals surface area contributed by atoms with Crippen LogP contribution in [0.3, 0.4) is 0 Å². The molecule has 3 aromatic rings. The average Bonchev–Trinajstić information content (AvgIpc) is 3.63. The number of aryl methyl sites for hydroxylation is 1. The second-order valence-electron chi connectivity index (χ2n) is 16.7. The van der Waals surface area contributed by atoms with Gasteiger partial charge in [0.15, 0.2) is 0 Å². The van der Waals surface area contributed by atoms with Crippen LogP contribution in [0.2, 0.25) is 0 Å². The maximum absolute atomic E-state index is 3.83. The molecule has 0 spiro atoms. The fraction of sp³-hybridized carbons (Fsp3) is 0.700. The molecule has 0 saturated carbocycles. The standard InChI is InChI=1S/C50H82N2/c1-4-6-8-10-12-14-16-18-20-22-24-26-28-36-43-52-44-42-51-49(52)48(41-35-27-25-23-21-19-17-15-13-11-9-7-5-2)50(3,47-39-33-30-34-40-47)45-46-37-31-29-32-38-46/h29-34,37-40,42,44,48H,4-28,35-36,41,43,45H2,1-3H3/p+1. The molecule has 52 heavy (non-hydrogen) atoms. The number of nitrogens with zero attached hydrogens (tertiary/aromatic N) is 1. The first-order valence-corrected chi connectivity index (χ1v) is 22.8. The van der Waals surface area contributed by atoms with Crippen molar-refractivity contribution >= 4 is 0 Å². The third-order valence-corrected chi connectivity index (χ3v) is 12.1. The van der Waals surface area contributed by atoms with Crippen molar-refractivity contribution in [3.05, 3.63) is 90.0 Å². The molecular formula is C50H83N2+. The van der Waals surface area contributed by atoms with Crippen molar-refractivity contribution in [1.29, 1.82) is 0 Å². The van der Waals surface area contributed by atoms with E-state index in [2.05, 4.69) is 103 Å². The molecule has 0 aliphatic carbocycles. The Morgan fingerprint density at radius 2 is 0.904 bits per heavy atom. The van der Waals surface area contributed by atoms with Gasteiger partial charge in [-0.3, -0.25) is 0 Å². The number of aromatic amines is 1. The Balaban J connectivity index is 1.52. The quantitative estimate of drug-likeness (QED) is 0.0470. The van der Waals surface area contributed by atoms with E-state index < -0.39 is 0 Å². The van der Waals surface area contributed by atoms with Crippen molar-refractivity contribution in [3.63, 3.8) is 0 Å². The molecule has 2 atom stereocenters. The van der Waals surface area contributed by atoms with E-state index in [-0.39, 0.29) is 5.41 Å². The molecule has 2 unspecified atom stereocenters. The molecule has 0 aliphatic rings. The minimum Gasteiger partial charge on any atom is -0.247 e. The van der Waals surface area contributed by atoms with Gasteiger partial charge in [-0.1, -0.05) is 242 Å². The molecule has 292 valence electrons. The highest BCUT2D eigenvalue weighted by Crippen LogP contribution is 2.43. The van der Waals surface area contributed by atoms with Gasteiger partial charge in [-0.15, -0.1) is 0 Å². The summed E-state index contributed by atoms with van der Waals surface area (Å²) in [5.74, 6) is 1.88. The van der Waals surface area contributed by atoms with Gasteiger partial charge in [0, 0.05) is 5.41 Å². The molecule has 0 fully saturated rings. The van der Waals surface area contributed by atoms with Gasteiger partial charge in [-0.2, -0.15) is 0 Å². The van der Waals surface area contributed by atoms with Crippen LogP contribution in [0.4, 0.5) is 0 Å². The zero-order chi connectivity index (χ0) is 36.8. The predicted octanol–water partition coefficient (Wildman–Crippen LogP) is 15.5. The number of aromatic nitrogens is 2. The van der Waals surface area contributed by atoms with E-state index in [4.69, 9.17) is 0 Å². The first-order valence-electron chi connectivity index (χ1n) is 22.8. The Morgan fingerprint density at radius 1 is 0.500 bits per heavy atom. The van der Waals surface area contributed by atoms with Crippen LogP contribution < -0.4 is 4.57 Å². The largest absolute Gasteiger partial charge is 0.258 e. The van der Waals surface area contributed by atoms with Crippen LogP contribution in [0, 0.1) is 0 Å². The molecule has 0 bridgehead atoms. The summed E-state index contributed by atoms with van der Waals surface area (Å²) in [6.07, 6.45) is 44.9. The van der Waals surface area contributed by atoms with Gasteiger partial charge in [-0.25, -0.2) is 9.55 Å². The molecule has 1 aromatic heterocycles. The van der Waals surface area contributed by atoms with E-state index in [0.717, 1.165) is 13.0 Å². The number of nitrogens with one attached hydrogen (secondary N) is 1. The maximum Gasteiger partial charge on any atom is 0.258 e. The third kappa shape index (κ3) is 18.1. The van der Waals surface area contributed by atoms with E-state index in [9.17, 15) is 0 Å². The summed E-state index contributed by atoms with van der Waals surface area (Å²) >= 11 is 0. The average molecular weight is 712 g/mol. The van der Waals surface area contributed by atoms with E-state index in [0.29, 0.717) is 5.92 Å². The highest BCUT2D eigenvalue weighted by atomic mass is 15.1. The Labute approximate surface area is 323 Å². The number of hydrogen-bond donors (Lipinski definition) is 1. The normalized spacial score (nSPS) is 13.4. The van der Waals surface area contributed by atoms with Crippen molar-refractivity contribution in [2.75, 3.05) is 0 Å². The van der Waals surface area contributed by atoms with Gasteiger partial charge < -0.3 is 0 Å². The van der Waals surface area contributed by atoms with Crippen LogP contribution >= 0.6 is 0 Å². The van der Waals surface area contributed by atoms with Crippen LogP contribution in [-0.4, -0.2) is 4.98 Å². The van der Waals surface area contributed by atoms with Crippen molar-refractivity contribution in [3.8, 4) is 0 Å². The molecule has 0 saturated heterocycles. The first kappa shape index (κ1) is 44.0. The molecule has 1 heterocycles. The molecule has 0 aliphatic heterocycles. The number of rotatable bonds is 34. The summed E-state index contributed by atoms with van der Waals surface area (Å²) in [5, 5.41) is 0.